The van der Waals surface area contributed by atoms with E-state index in [0.717, 1.165) is 42.1 Å². The maximum Gasteiger partial charge on any atom is 0.251 e. The Bertz CT molecular complexity index is 430. The first-order valence-corrected chi connectivity index (χ1v) is 7.00. The van der Waals surface area contributed by atoms with Crippen molar-refractivity contribution in [3.05, 3.63) is 28.2 Å². The number of anilines is 1. The Morgan fingerprint density at radius 3 is 3.06 bits per heavy atom. The number of carbonyl (C=O) groups is 1. The van der Waals surface area contributed by atoms with E-state index in [0.29, 0.717) is 5.56 Å². The number of halogens is 1. The molecular formula is C13H18BrN3O. The van der Waals surface area contributed by atoms with Crippen LogP contribution in [0.15, 0.2) is 22.7 Å². The number of hydrogen-bond acceptors (Lipinski definition) is 3. The topological polar surface area (TPSA) is 67.2 Å². The van der Waals surface area contributed by atoms with Gasteiger partial charge >= 0.3 is 0 Å². The second-order valence-corrected chi connectivity index (χ2v) is 5.46. The average molecular weight is 312 g/mol. The third-order valence-corrected chi connectivity index (χ3v) is 3.95. The quantitative estimate of drug-likeness (QED) is 0.778. The standard InChI is InChI=1S/C13H18BrN3O/c14-10-2-1-3-11(12(10)13(15)18)17-7-5-9-4-6-16-8-9/h1-3,9,16-17H,4-8H2,(H2,15,18). The number of nitrogens with one attached hydrogen (secondary N) is 2. The summed E-state index contributed by atoms with van der Waals surface area (Å²) in [5, 5.41) is 6.65. The Hall–Kier alpha value is -1.07. The van der Waals surface area contributed by atoms with Gasteiger partial charge in [-0.25, -0.2) is 0 Å². The van der Waals surface area contributed by atoms with Crippen LogP contribution in [0.4, 0.5) is 5.69 Å². The SMILES string of the molecule is NC(=O)c1c(Br)cccc1NCCC1CCNC1. The number of amides is 1. The lowest BCUT2D eigenvalue weighted by Gasteiger charge is -2.13. The molecule has 1 aliphatic heterocycles. The van der Waals surface area contributed by atoms with Gasteiger partial charge in [-0.15, -0.1) is 0 Å². The van der Waals surface area contributed by atoms with Crippen molar-refractivity contribution in [3.8, 4) is 0 Å². The van der Waals surface area contributed by atoms with Crippen molar-refractivity contribution in [1.29, 1.82) is 0 Å². The van der Waals surface area contributed by atoms with Gasteiger partial charge in [-0.3, -0.25) is 4.79 Å². The zero-order chi connectivity index (χ0) is 13.0. The van der Waals surface area contributed by atoms with Crippen LogP contribution in [0, 0.1) is 5.92 Å². The fourth-order valence-corrected chi connectivity index (χ4v) is 2.86. The van der Waals surface area contributed by atoms with Crippen LogP contribution in [0.2, 0.25) is 0 Å². The number of primary amides is 1. The van der Waals surface area contributed by atoms with Crippen molar-refractivity contribution < 1.29 is 4.79 Å². The van der Waals surface area contributed by atoms with Crippen molar-refractivity contribution in [1.82, 2.24) is 5.32 Å². The predicted octanol–water partition coefficient (Wildman–Crippen LogP) is 1.96. The molecule has 0 spiro atoms. The fraction of sp³-hybridized carbons (Fsp3) is 0.462. The molecule has 4 N–H and O–H groups in total. The molecule has 5 heteroatoms. The van der Waals surface area contributed by atoms with Crippen LogP contribution < -0.4 is 16.4 Å². The maximum atomic E-state index is 11.4. The summed E-state index contributed by atoms with van der Waals surface area (Å²) in [4.78, 5) is 11.4. The van der Waals surface area contributed by atoms with Crippen LogP contribution in [0.3, 0.4) is 0 Å². The maximum absolute atomic E-state index is 11.4. The van der Waals surface area contributed by atoms with E-state index in [1.54, 1.807) is 0 Å². The monoisotopic (exact) mass is 311 g/mol. The fourth-order valence-electron chi connectivity index (χ4n) is 2.29. The third kappa shape index (κ3) is 3.23. The van der Waals surface area contributed by atoms with Gasteiger partial charge in [0.1, 0.15) is 0 Å². The molecule has 98 valence electrons. The molecule has 1 aromatic rings. The lowest BCUT2D eigenvalue weighted by atomic mass is 10.0. The highest BCUT2D eigenvalue weighted by Crippen LogP contribution is 2.24. The van der Waals surface area contributed by atoms with Gasteiger partial charge < -0.3 is 16.4 Å². The van der Waals surface area contributed by atoms with Crippen LogP contribution in [0.1, 0.15) is 23.2 Å². The summed E-state index contributed by atoms with van der Waals surface area (Å²) in [6, 6.07) is 5.61. The summed E-state index contributed by atoms with van der Waals surface area (Å²) in [6.45, 7) is 3.08. The van der Waals surface area contributed by atoms with Crippen LogP contribution in [0.25, 0.3) is 0 Å². The second kappa shape index (κ2) is 6.20. The average Bonchev–Trinajstić information content (AvgIpc) is 2.81. The summed E-state index contributed by atoms with van der Waals surface area (Å²) < 4.78 is 0.738. The Balaban J connectivity index is 1.96. The lowest BCUT2D eigenvalue weighted by Crippen LogP contribution is -2.17. The minimum absolute atomic E-state index is 0.410. The van der Waals surface area contributed by atoms with Crippen molar-refractivity contribution >= 4 is 27.5 Å². The molecule has 1 aromatic carbocycles. The van der Waals surface area contributed by atoms with E-state index in [9.17, 15) is 4.79 Å². The predicted molar refractivity (Wildman–Crippen MR) is 76.7 cm³/mol. The van der Waals surface area contributed by atoms with E-state index in [1.807, 2.05) is 18.2 Å². The van der Waals surface area contributed by atoms with Crippen molar-refractivity contribution in [2.24, 2.45) is 11.7 Å². The van der Waals surface area contributed by atoms with E-state index in [2.05, 4.69) is 26.6 Å². The van der Waals surface area contributed by atoms with Gasteiger partial charge in [0.05, 0.1) is 5.56 Å². The number of carbonyl (C=O) groups excluding carboxylic acids is 1. The van der Waals surface area contributed by atoms with Gasteiger partial charge in [0.2, 0.25) is 0 Å². The minimum Gasteiger partial charge on any atom is -0.384 e. The summed E-state index contributed by atoms with van der Waals surface area (Å²) >= 11 is 3.36. The molecule has 0 bridgehead atoms. The summed E-state index contributed by atoms with van der Waals surface area (Å²) in [6.07, 6.45) is 2.35. The van der Waals surface area contributed by atoms with Crippen molar-refractivity contribution in [2.45, 2.75) is 12.8 Å². The Morgan fingerprint density at radius 2 is 2.39 bits per heavy atom. The minimum atomic E-state index is -0.410. The van der Waals surface area contributed by atoms with Crippen LogP contribution >= 0.6 is 15.9 Å². The molecule has 1 heterocycles. The van der Waals surface area contributed by atoms with E-state index >= 15 is 0 Å². The van der Waals surface area contributed by atoms with Crippen LogP contribution in [0.5, 0.6) is 0 Å². The van der Waals surface area contributed by atoms with Gasteiger partial charge in [-0.1, -0.05) is 6.07 Å². The molecule has 1 amide bonds. The van der Waals surface area contributed by atoms with Crippen molar-refractivity contribution in [3.63, 3.8) is 0 Å². The Kier molecular flexibility index (Phi) is 4.60. The Morgan fingerprint density at radius 1 is 1.56 bits per heavy atom. The van der Waals surface area contributed by atoms with Gasteiger partial charge in [-0.2, -0.15) is 0 Å². The molecule has 1 unspecified atom stereocenters. The summed E-state index contributed by atoms with van der Waals surface area (Å²) in [7, 11) is 0. The zero-order valence-corrected chi connectivity index (χ0v) is 11.8. The smallest absolute Gasteiger partial charge is 0.251 e. The van der Waals surface area contributed by atoms with E-state index in [-0.39, 0.29) is 0 Å². The molecule has 1 atom stereocenters. The zero-order valence-electron chi connectivity index (χ0n) is 10.2. The third-order valence-electron chi connectivity index (χ3n) is 3.29. The number of nitrogens with two attached hydrogens (primary N) is 1. The molecule has 0 aromatic heterocycles. The first-order valence-electron chi connectivity index (χ1n) is 6.21. The van der Waals surface area contributed by atoms with E-state index < -0.39 is 5.91 Å². The molecule has 1 aliphatic rings. The number of benzene rings is 1. The van der Waals surface area contributed by atoms with Gasteiger partial charge in [0.15, 0.2) is 0 Å². The first kappa shape index (κ1) is 13.4. The van der Waals surface area contributed by atoms with Crippen molar-refractivity contribution in [2.75, 3.05) is 25.0 Å². The van der Waals surface area contributed by atoms with Gasteiger partial charge in [0, 0.05) is 16.7 Å². The highest BCUT2D eigenvalue weighted by molar-refractivity contribution is 9.10. The highest BCUT2D eigenvalue weighted by atomic mass is 79.9. The molecular weight excluding hydrogens is 294 g/mol. The second-order valence-electron chi connectivity index (χ2n) is 4.60. The molecule has 0 aliphatic carbocycles. The van der Waals surface area contributed by atoms with Crippen LogP contribution in [-0.2, 0) is 0 Å². The first-order chi connectivity index (χ1) is 8.68. The largest absolute Gasteiger partial charge is 0.384 e. The Labute approximate surface area is 115 Å². The normalized spacial score (nSPS) is 18.8. The molecule has 0 saturated carbocycles. The van der Waals surface area contributed by atoms with E-state index in [4.69, 9.17) is 5.73 Å². The van der Waals surface area contributed by atoms with Gasteiger partial charge in [0.25, 0.3) is 5.91 Å². The summed E-state index contributed by atoms with van der Waals surface area (Å²) in [5.41, 5.74) is 6.73. The molecule has 0 radical (unpaired) electrons. The van der Waals surface area contributed by atoms with Gasteiger partial charge in [-0.05, 0) is 59.9 Å². The highest BCUT2D eigenvalue weighted by Gasteiger charge is 2.15. The number of rotatable bonds is 5. The van der Waals surface area contributed by atoms with E-state index in [1.165, 1.54) is 6.42 Å². The molecule has 4 nitrogen and oxygen atoms in total. The summed E-state index contributed by atoms with van der Waals surface area (Å²) in [5.74, 6) is 0.328. The molecule has 1 fully saturated rings. The molecule has 2 rings (SSSR count). The molecule has 1 saturated heterocycles. The lowest BCUT2D eigenvalue weighted by molar-refractivity contribution is 0.100. The van der Waals surface area contributed by atoms with Crippen LogP contribution in [-0.4, -0.2) is 25.5 Å². The number of hydrogen-bond donors (Lipinski definition) is 3. The molecule has 18 heavy (non-hydrogen) atoms.